The van der Waals surface area contributed by atoms with Crippen molar-refractivity contribution >= 4 is 28.0 Å². The van der Waals surface area contributed by atoms with Crippen molar-refractivity contribution < 1.29 is 32.2 Å². The molecule has 0 fully saturated rings. The zero-order valence-corrected chi connectivity index (χ0v) is 10.5. The SMILES string of the molecule is O=C(O)C1=Cc2cc(Br)ccc2OC1(F)C(F)(F)F. The molecule has 1 atom stereocenters. The summed E-state index contributed by atoms with van der Waals surface area (Å²) in [6.45, 7) is 0. The van der Waals surface area contributed by atoms with Gasteiger partial charge in [-0.1, -0.05) is 15.9 Å². The van der Waals surface area contributed by atoms with E-state index in [1.165, 1.54) is 12.1 Å². The largest absolute Gasteiger partial charge is 0.478 e. The van der Waals surface area contributed by atoms with Gasteiger partial charge >= 0.3 is 18.0 Å². The van der Waals surface area contributed by atoms with Crippen LogP contribution in [0.1, 0.15) is 5.56 Å². The molecule has 0 amide bonds. The summed E-state index contributed by atoms with van der Waals surface area (Å²) in [6.07, 6.45) is -4.89. The summed E-state index contributed by atoms with van der Waals surface area (Å²) in [6, 6.07) is 3.80. The van der Waals surface area contributed by atoms with E-state index in [9.17, 15) is 22.4 Å². The van der Waals surface area contributed by atoms with Gasteiger partial charge in [-0.2, -0.15) is 17.6 Å². The summed E-state index contributed by atoms with van der Waals surface area (Å²) in [4.78, 5) is 10.8. The molecule has 0 saturated carbocycles. The summed E-state index contributed by atoms with van der Waals surface area (Å²) in [7, 11) is 0. The van der Waals surface area contributed by atoms with Crippen molar-refractivity contribution in [1.82, 2.24) is 0 Å². The second-order valence-corrected chi connectivity index (χ2v) is 4.66. The first-order valence-electron chi connectivity index (χ1n) is 4.85. The minimum Gasteiger partial charge on any atom is -0.478 e. The number of rotatable bonds is 1. The Kier molecular flexibility index (Phi) is 3.08. The number of carbonyl (C=O) groups is 1. The number of alkyl halides is 4. The van der Waals surface area contributed by atoms with Crippen LogP contribution in [-0.2, 0) is 4.79 Å². The van der Waals surface area contributed by atoms with E-state index >= 15 is 0 Å². The maximum atomic E-state index is 14.0. The van der Waals surface area contributed by atoms with Gasteiger partial charge in [0, 0.05) is 10.0 Å². The van der Waals surface area contributed by atoms with Gasteiger partial charge in [-0.05, 0) is 24.3 Å². The lowest BCUT2D eigenvalue weighted by Gasteiger charge is -2.32. The lowest BCUT2D eigenvalue weighted by atomic mass is 9.99. The summed E-state index contributed by atoms with van der Waals surface area (Å²) >= 11 is 3.07. The van der Waals surface area contributed by atoms with Gasteiger partial charge in [0.1, 0.15) is 11.3 Å². The van der Waals surface area contributed by atoms with E-state index in [2.05, 4.69) is 20.7 Å². The van der Waals surface area contributed by atoms with E-state index in [4.69, 9.17) is 5.11 Å². The predicted octanol–water partition coefficient (Wildman–Crippen LogP) is 3.54. The van der Waals surface area contributed by atoms with Crippen LogP contribution in [0.2, 0.25) is 0 Å². The van der Waals surface area contributed by atoms with Gasteiger partial charge < -0.3 is 9.84 Å². The maximum absolute atomic E-state index is 14.0. The Labute approximate surface area is 112 Å². The number of carboxylic acid groups (broad SMARTS) is 1. The Morgan fingerprint density at radius 3 is 2.53 bits per heavy atom. The van der Waals surface area contributed by atoms with Crippen molar-refractivity contribution in [2.45, 2.75) is 12.0 Å². The van der Waals surface area contributed by atoms with Crippen molar-refractivity contribution in [2.75, 3.05) is 0 Å². The second-order valence-electron chi connectivity index (χ2n) is 3.74. The lowest BCUT2D eigenvalue weighted by Crippen LogP contribution is -2.51. The molecule has 1 heterocycles. The second kappa shape index (κ2) is 4.22. The standard InChI is InChI=1S/C11H5BrF4O3/c12-6-1-2-8-5(3-6)4-7(9(17)18)10(13,19-8)11(14,15)16/h1-4H,(H,17,18). The number of benzene rings is 1. The van der Waals surface area contributed by atoms with Gasteiger partial charge in [0.05, 0.1) is 0 Å². The van der Waals surface area contributed by atoms with Crippen LogP contribution in [0.4, 0.5) is 17.6 Å². The van der Waals surface area contributed by atoms with Gasteiger partial charge in [0.2, 0.25) is 0 Å². The zero-order chi connectivity index (χ0) is 14.4. The third-order valence-electron chi connectivity index (χ3n) is 2.46. The lowest BCUT2D eigenvalue weighted by molar-refractivity contribution is -0.284. The molecule has 1 aromatic rings. The highest BCUT2D eigenvalue weighted by molar-refractivity contribution is 9.10. The Hall–Kier alpha value is -1.57. The molecular formula is C11H5BrF4O3. The molecule has 1 aliphatic heterocycles. The van der Waals surface area contributed by atoms with E-state index in [0.29, 0.717) is 10.5 Å². The zero-order valence-electron chi connectivity index (χ0n) is 8.96. The van der Waals surface area contributed by atoms with E-state index < -0.39 is 23.6 Å². The summed E-state index contributed by atoms with van der Waals surface area (Å²) in [5.41, 5.74) is -1.46. The highest BCUT2D eigenvalue weighted by Gasteiger charge is 2.64. The van der Waals surface area contributed by atoms with Crippen LogP contribution in [0.5, 0.6) is 5.75 Å². The Bertz CT molecular complexity index is 582. The van der Waals surface area contributed by atoms with Crippen molar-refractivity contribution in [3.8, 4) is 5.75 Å². The Morgan fingerprint density at radius 2 is 2.00 bits per heavy atom. The Balaban J connectivity index is 2.65. The number of hydrogen-bond donors (Lipinski definition) is 1. The minimum atomic E-state index is -5.50. The molecule has 0 aliphatic carbocycles. The van der Waals surface area contributed by atoms with Gasteiger partial charge in [0.25, 0.3) is 0 Å². The van der Waals surface area contributed by atoms with Crippen molar-refractivity contribution in [3.63, 3.8) is 0 Å². The molecule has 1 unspecified atom stereocenters. The molecule has 0 saturated heterocycles. The van der Waals surface area contributed by atoms with Crippen molar-refractivity contribution in [3.05, 3.63) is 33.8 Å². The van der Waals surface area contributed by atoms with E-state index in [-0.39, 0.29) is 11.3 Å². The molecule has 1 aromatic carbocycles. The molecule has 1 N–H and O–H groups in total. The minimum absolute atomic E-state index is 0.0456. The first-order chi connectivity index (χ1) is 8.65. The van der Waals surface area contributed by atoms with E-state index in [0.717, 1.165) is 6.07 Å². The van der Waals surface area contributed by atoms with Crippen LogP contribution in [0.3, 0.4) is 0 Å². The predicted molar refractivity (Wildman–Crippen MR) is 60.3 cm³/mol. The normalized spacial score (nSPS) is 22.3. The van der Waals surface area contributed by atoms with E-state index in [1.54, 1.807) is 0 Å². The molecule has 3 nitrogen and oxygen atoms in total. The van der Waals surface area contributed by atoms with Crippen molar-refractivity contribution in [2.24, 2.45) is 0 Å². The Morgan fingerprint density at radius 1 is 1.37 bits per heavy atom. The highest BCUT2D eigenvalue weighted by Crippen LogP contribution is 2.46. The number of ether oxygens (including phenoxy) is 1. The molecule has 0 bridgehead atoms. The molecule has 8 heteroatoms. The smallest absolute Gasteiger partial charge is 0.465 e. The van der Waals surface area contributed by atoms with Gasteiger partial charge in [-0.25, -0.2) is 4.79 Å². The molecular weight excluding hydrogens is 336 g/mol. The van der Waals surface area contributed by atoms with Crippen LogP contribution in [0, 0.1) is 0 Å². The molecule has 1 aliphatic rings. The fourth-order valence-electron chi connectivity index (χ4n) is 1.59. The first-order valence-corrected chi connectivity index (χ1v) is 5.64. The fourth-order valence-corrected chi connectivity index (χ4v) is 1.97. The monoisotopic (exact) mass is 340 g/mol. The topological polar surface area (TPSA) is 46.5 Å². The summed E-state index contributed by atoms with van der Waals surface area (Å²) < 4.78 is 56.8. The van der Waals surface area contributed by atoms with Crippen LogP contribution in [0.25, 0.3) is 6.08 Å². The van der Waals surface area contributed by atoms with Gasteiger partial charge in [-0.3, -0.25) is 0 Å². The van der Waals surface area contributed by atoms with E-state index in [1.807, 2.05) is 0 Å². The molecule has 0 radical (unpaired) electrons. The van der Waals surface area contributed by atoms with Crippen LogP contribution in [0.15, 0.2) is 28.2 Å². The highest BCUT2D eigenvalue weighted by atomic mass is 79.9. The first kappa shape index (κ1) is 13.9. The van der Waals surface area contributed by atoms with Crippen LogP contribution >= 0.6 is 15.9 Å². The average molecular weight is 341 g/mol. The number of aliphatic carboxylic acids is 1. The third-order valence-corrected chi connectivity index (χ3v) is 2.96. The quantitative estimate of drug-likeness (QED) is 0.795. The fraction of sp³-hybridized carbons (Fsp3) is 0.182. The number of fused-ring (bicyclic) bond motifs is 1. The molecule has 0 spiro atoms. The van der Waals surface area contributed by atoms with Crippen LogP contribution in [-0.4, -0.2) is 23.1 Å². The number of carboxylic acids is 1. The summed E-state index contributed by atoms with van der Waals surface area (Å²) in [5, 5.41) is 8.73. The summed E-state index contributed by atoms with van der Waals surface area (Å²) in [5.74, 6) is -6.78. The molecule has 2 rings (SSSR count). The van der Waals surface area contributed by atoms with Crippen LogP contribution < -0.4 is 4.74 Å². The third kappa shape index (κ3) is 2.20. The molecule has 0 aromatic heterocycles. The van der Waals surface area contributed by atoms with Gasteiger partial charge in [0.15, 0.2) is 0 Å². The van der Waals surface area contributed by atoms with Crippen molar-refractivity contribution in [1.29, 1.82) is 0 Å². The number of halogens is 5. The average Bonchev–Trinajstić information content (AvgIpc) is 2.27. The maximum Gasteiger partial charge on any atom is 0.465 e. The molecule has 19 heavy (non-hydrogen) atoms. The van der Waals surface area contributed by atoms with Gasteiger partial charge in [-0.15, -0.1) is 0 Å². The number of hydrogen-bond acceptors (Lipinski definition) is 2. The molecule has 102 valence electrons.